The van der Waals surface area contributed by atoms with Crippen LogP contribution in [-0.4, -0.2) is 169 Å². The van der Waals surface area contributed by atoms with Gasteiger partial charge >= 0.3 is 56.0 Å². The highest BCUT2D eigenvalue weighted by atomic mass is 16.7. The fourth-order valence-corrected chi connectivity index (χ4v) is 9.26. The van der Waals surface area contributed by atoms with Gasteiger partial charge in [-0.1, -0.05) is 38.1 Å². The molecule has 404 valence electrons. The summed E-state index contributed by atoms with van der Waals surface area (Å²) in [5, 5.41) is 29.9. The summed E-state index contributed by atoms with van der Waals surface area (Å²) >= 11 is 0. The van der Waals surface area contributed by atoms with Crippen molar-refractivity contribution in [3.8, 4) is 11.5 Å². The number of nitrogens with one attached hydrogen (secondary N) is 1. The third-order valence-electron chi connectivity index (χ3n) is 13.1. The van der Waals surface area contributed by atoms with Crippen LogP contribution in [0.3, 0.4) is 0 Å². The molecule has 24 heteroatoms. The van der Waals surface area contributed by atoms with Crippen molar-refractivity contribution in [3.63, 3.8) is 0 Å². The summed E-state index contributed by atoms with van der Waals surface area (Å²) in [6.07, 6.45) is 0.795. The van der Waals surface area contributed by atoms with Crippen molar-refractivity contribution in [2.75, 3.05) is 42.3 Å². The average Bonchev–Trinajstić information content (AvgIpc) is 3.64. The molecule has 3 aliphatic carbocycles. The Balaban J connectivity index is 0.000000326. The molecule has 1 saturated heterocycles. The summed E-state index contributed by atoms with van der Waals surface area (Å²) in [5.41, 5.74) is -1.19. The SMILES string of the molecule is CN(C)C(=O)C(=O)C[C@H]1Cc2cccc(C(=O)O)c2OB1O.CN(C)C(=O)C(=O)N[C@@H](Cc1cccc(C(=O)OC(C)(C)C)c1OC(=O)OC(C)(C)C)B1OC2C[C@@H]3C[C@@H](C3(C)C)[C@]2(C)O1.CN(C)C(=O)C(=O)O. The molecule has 4 fully saturated rings. The van der Waals surface area contributed by atoms with Gasteiger partial charge in [0.05, 0.1) is 23.2 Å². The largest absolute Gasteiger partial charge is 0.535 e. The number of para-hydroxylation sites is 2. The summed E-state index contributed by atoms with van der Waals surface area (Å²) in [6.45, 7) is 16.9. The number of benzene rings is 2. The van der Waals surface area contributed by atoms with Crippen molar-refractivity contribution >= 4 is 67.7 Å². The third kappa shape index (κ3) is 14.6. The number of hydrogen-bond acceptors (Lipinski definition) is 16. The van der Waals surface area contributed by atoms with Crippen LogP contribution in [0, 0.1) is 17.3 Å². The fraction of sp³-hybridized carbons (Fsp3) is 0.580. The first-order chi connectivity index (χ1) is 34.0. The van der Waals surface area contributed by atoms with Gasteiger partial charge in [-0.25, -0.2) is 19.2 Å². The Labute approximate surface area is 431 Å². The van der Waals surface area contributed by atoms with Gasteiger partial charge in [-0.05, 0) is 115 Å². The molecular formula is C50H70B2N4O18. The summed E-state index contributed by atoms with van der Waals surface area (Å²) in [6, 6.07) is 9.44. The Kier molecular flexibility index (Phi) is 18.9. The summed E-state index contributed by atoms with van der Waals surface area (Å²) in [5.74, 6) is -7.64. The van der Waals surface area contributed by atoms with E-state index < -0.39 is 96.3 Å². The zero-order chi connectivity index (χ0) is 56.2. The smallest absolute Gasteiger partial charge is 0.526 e. The average molecular weight is 1040 g/mol. The molecule has 2 aromatic carbocycles. The first kappa shape index (κ1) is 60.0. The number of nitrogens with zero attached hydrogens (tertiary/aromatic N) is 3. The van der Waals surface area contributed by atoms with Crippen molar-refractivity contribution < 1.29 is 86.6 Å². The topological polar surface area (TPSA) is 291 Å². The first-order valence-corrected chi connectivity index (χ1v) is 24.0. The predicted octanol–water partition coefficient (Wildman–Crippen LogP) is 3.72. The number of ether oxygens (including phenoxy) is 3. The number of esters is 1. The maximum absolute atomic E-state index is 13.3. The number of aliphatic carboxylic acids is 1. The Morgan fingerprint density at radius 3 is 1.86 bits per heavy atom. The van der Waals surface area contributed by atoms with Gasteiger partial charge in [0.2, 0.25) is 5.78 Å². The molecule has 3 saturated carbocycles. The maximum atomic E-state index is 13.3. The molecule has 1 unspecified atom stereocenters. The number of carboxylic acids is 2. The number of likely N-dealkylation sites (N-methyl/N-ethyl adjacent to an activating group) is 3. The minimum absolute atomic E-state index is 0.00612. The van der Waals surface area contributed by atoms with Gasteiger partial charge < -0.3 is 63.4 Å². The number of fused-ring (bicyclic) bond motifs is 1. The second kappa shape index (κ2) is 23.4. The van der Waals surface area contributed by atoms with Crippen molar-refractivity contribution in [2.45, 2.75) is 129 Å². The molecule has 0 spiro atoms. The minimum atomic E-state index is -1.42. The molecule has 2 heterocycles. The lowest BCUT2D eigenvalue weighted by Gasteiger charge is -2.64. The highest BCUT2D eigenvalue weighted by Crippen LogP contribution is 2.65. The van der Waals surface area contributed by atoms with Gasteiger partial charge in [0, 0.05) is 54.5 Å². The summed E-state index contributed by atoms with van der Waals surface area (Å²) in [4.78, 5) is 110. The van der Waals surface area contributed by atoms with Crippen molar-refractivity contribution in [3.05, 3.63) is 58.7 Å². The summed E-state index contributed by atoms with van der Waals surface area (Å²) < 4.78 is 35.1. The van der Waals surface area contributed by atoms with Crippen LogP contribution in [-0.2, 0) is 60.4 Å². The zero-order valence-electron chi connectivity index (χ0n) is 44.8. The van der Waals surface area contributed by atoms with Crippen LogP contribution >= 0.6 is 0 Å². The number of amides is 4. The minimum Gasteiger partial charge on any atom is -0.535 e. The molecule has 0 radical (unpaired) electrons. The second-order valence-corrected chi connectivity index (χ2v) is 22.1. The lowest BCUT2D eigenvalue weighted by atomic mass is 9.43. The van der Waals surface area contributed by atoms with Crippen LogP contribution in [0.5, 0.6) is 11.5 Å². The van der Waals surface area contributed by atoms with Crippen LogP contribution < -0.4 is 14.7 Å². The maximum Gasteiger partial charge on any atom is 0.526 e. The molecular weight excluding hydrogens is 966 g/mol. The Hall–Kier alpha value is -6.52. The van der Waals surface area contributed by atoms with E-state index in [1.165, 1.54) is 64.2 Å². The lowest BCUT2D eigenvalue weighted by molar-refractivity contribution is -0.199. The molecule has 22 nitrogen and oxygen atoms in total. The van der Waals surface area contributed by atoms with Crippen molar-refractivity contribution in [1.29, 1.82) is 0 Å². The number of rotatable bonds is 10. The van der Waals surface area contributed by atoms with E-state index in [9.17, 15) is 48.2 Å². The molecule has 4 amide bonds. The van der Waals surface area contributed by atoms with Crippen LogP contribution in [0.25, 0.3) is 0 Å². The predicted molar refractivity (Wildman–Crippen MR) is 267 cm³/mol. The number of ketones is 1. The van der Waals surface area contributed by atoms with E-state index in [2.05, 4.69) is 26.1 Å². The van der Waals surface area contributed by atoms with E-state index in [4.69, 9.17) is 38.4 Å². The van der Waals surface area contributed by atoms with Gasteiger partial charge in [0.15, 0.2) is 5.75 Å². The fourth-order valence-electron chi connectivity index (χ4n) is 9.26. The van der Waals surface area contributed by atoms with Gasteiger partial charge in [0.1, 0.15) is 22.5 Å². The Morgan fingerprint density at radius 2 is 1.35 bits per heavy atom. The van der Waals surface area contributed by atoms with E-state index in [0.29, 0.717) is 17.0 Å². The number of hydrogen-bond donors (Lipinski definition) is 4. The van der Waals surface area contributed by atoms with Crippen LogP contribution in [0.4, 0.5) is 4.79 Å². The number of carboxylic acid groups (broad SMARTS) is 2. The quantitative estimate of drug-likeness (QED) is 0.114. The van der Waals surface area contributed by atoms with Crippen LogP contribution in [0.1, 0.15) is 113 Å². The number of Topliss-reactive ketones (excluding diaryl/α,β-unsaturated/α-hetero) is 1. The number of carbonyl (C=O) groups excluding carboxylic acids is 7. The molecule has 0 aromatic heterocycles. The lowest BCUT2D eigenvalue weighted by Crippen LogP contribution is -2.65. The summed E-state index contributed by atoms with van der Waals surface area (Å²) in [7, 11) is 6.46. The van der Waals surface area contributed by atoms with Crippen LogP contribution in [0.15, 0.2) is 36.4 Å². The molecule has 4 N–H and O–H groups in total. The second-order valence-electron chi connectivity index (χ2n) is 22.1. The van der Waals surface area contributed by atoms with Gasteiger partial charge in [-0.15, -0.1) is 0 Å². The van der Waals surface area contributed by atoms with E-state index in [1.54, 1.807) is 65.8 Å². The van der Waals surface area contributed by atoms with E-state index >= 15 is 0 Å². The Bertz CT molecular complexity index is 2500. The molecule has 2 aliphatic heterocycles. The van der Waals surface area contributed by atoms with E-state index in [0.717, 1.165) is 17.7 Å². The van der Waals surface area contributed by atoms with Crippen LogP contribution in [0.2, 0.25) is 5.82 Å². The molecule has 5 aliphatic rings. The van der Waals surface area contributed by atoms with Gasteiger partial charge in [0.25, 0.3) is 5.91 Å². The number of carbonyl (C=O) groups is 9. The molecule has 7 rings (SSSR count). The normalized spacial score (nSPS) is 21.3. The van der Waals surface area contributed by atoms with E-state index in [-0.39, 0.29) is 59.3 Å². The van der Waals surface area contributed by atoms with E-state index in [1.807, 2.05) is 0 Å². The Morgan fingerprint density at radius 1 is 0.784 bits per heavy atom. The van der Waals surface area contributed by atoms with Crippen molar-refractivity contribution in [2.24, 2.45) is 17.3 Å². The van der Waals surface area contributed by atoms with Crippen molar-refractivity contribution in [1.82, 2.24) is 20.0 Å². The third-order valence-corrected chi connectivity index (χ3v) is 13.1. The van der Waals surface area contributed by atoms with Gasteiger partial charge in [-0.2, -0.15) is 0 Å². The molecule has 2 aromatic rings. The highest BCUT2D eigenvalue weighted by Gasteiger charge is 2.68. The standard InChI is InChI=1S/C32H47BN2O9.C14H16BNO6.C4H7NO3/c1-29(2,3)41-27(38)20-14-12-13-18(24(20)40-28(39)42-30(4,5)6)15-23(34-25(36)26(37)35(10)11)33-43-22-17-19-16-21(31(19,7)8)32(22,9)44-33;1-16(2)13(18)11(17)7-9-6-8-4-3-5-10(14(19)20)12(8)22-15(9)21;1-5(2)3(6)4(7)8/h12-14,19,21-23H,15-17H2,1-11H3,(H,34,36);3-5,9,21H,6-7H2,1-2H3,(H,19,20);1-2H3,(H,7,8)/t19-,21-,22?,23-,32-;9-;/m01./s1. The molecule has 74 heavy (non-hydrogen) atoms. The molecule has 6 atom stereocenters. The zero-order valence-corrected chi connectivity index (χ0v) is 44.8. The molecule has 2 bridgehead atoms. The number of aromatic carboxylic acids is 1. The monoisotopic (exact) mass is 1040 g/mol. The van der Waals surface area contributed by atoms with Gasteiger partial charge in [-0.3, -0.25) is 24.0 Å². The first-order valence-electron chi connectivity index (χ1n) is 24.0. The highest BCUT2D eigenvalue weighted by molar-refractivity contribution is 6.49.